The molecule has 0 unspecified atom stereocenters. The third kappa shape index (κ3) is 19.8. The minimum Gasteiger partial charge on any atom is -0.344 e. The summed E-state index contributed by atoms with van der Waals surface area (Å²) >= 11 is 0. The van der Waals surface area contributed by atoms with Crippen molar-refractivity contribution in [2.24, 2.45) is 5.41 Å². The maximum atomic E-state index is 10.4. The Morgan fingerprint density at radius 3 is 1.74 bits per heavy atom. The lowest BCUT2D eigenvalue weighted by atomic mass is 9.82. The second-order valence-electron chi connectivity index (χ2n) is 7.10. The van der Waals surface area contributed by atoms with Crippen LogP contribution >= 0.6 is 0 Å². The van der Waals surface area contributed by atoms with Crippen LogP contribution in [0.1, 0.15) is 97.8 Å². The molecule has 0 spiro atoms. The van der Waals surface area contributed by atoms with Gasteiger partial charge in [0.15, 0.2) is 0 Å². The summed E-state index contributed by atoms with van der Waals surface area (Å²) in [5, 5.41) is 0. The summed E-state index contributed by atoms with van der Waals surface area (Å²) in [5.74, 6) is 0. The van der Waals surface area contributed by atoms with E-state index in [1.807, 2.05) is 0 Å². The highest BCUT2D eigenvalue weighted by atomic mass is 32.3. The fourth-order valence-corrected chi connectivity index (χ4v) is 3.06. The van der Waals surface area contributed by atoms with Gasteiger partial charge in [0.2, 0.25) is 0 Å². The van der Waals surface area contributed by atoms with E-state index in [0.717, 1.165) is 12.8 Å². The van der Waals surface area contributed by atoms with Gasteiger partial charge in [0.05, 0.1) is 6.61 Å². The molecule has 0 aliphatic heterocycles. The van der Waals surface area contributed by atoms with Crippen molar-refractivity contribution in [3.05, 3.63) is 0 Å². The Hall–Kier alpha value is -0.170. The van der Waals surface area contributed by atoms with Crippen LogP contribution in [0.5, 0.6) is 0 Å². The third-order valence-corrected chi connectivity index (χ3v) is 4.65. The molecule has 0 saturated heterocycles. The van der Waals surface area contributed by atoms with Gasteiger partial charge >= 0.3 is 10.4 Å². The smallest absolute Gasteiger partial charge is 0.344 e. The fourth-order valence-electron chi connectivity index (χ4n) is 2.73. The van der Waals surface area contributed by atoms with Gasteiger partial charge in [-0.1, -0.05) is 78.6 Å². The third-order valence-electron chi connectivity index (χ3n) is 4.19. The van der Waals surface area contributed by atoms with Gasteiger partial charge in [-0.25, -0.2) is 4.18 Å². The molecule has 0 aromatic heterocycles. The van der Waals surface area contributed by atoms with Gasteiger partial charge in [0.1, 0.15) is 0 Å². The first-order valence-corrected chi connectivity index (χ1v) is 10.3. The molecule has 0 radical (unpaired) electrons. The number of hydrogen-bond acceptors (Lipinski definition) is 4. The van der Waals surface area contributed by atoms with Crippen molar-refractivity contribution in [2.45, 2.75) is 97.8 Å². The van der Waals surface area contributed by atoms with Crippen molar-refractivity contribution in [1.29, 1.82) is 0 Å². The van der Waals surface area contributed by atoms with Crippen LogP contribution in [0.25, 0.3) is 0 Å². The van der Waals surface area contributed by atoms with Crippen LogP contribution in [-0.4, -0.2) is 19.6 Å². The normalized spacial score (nSPS) is 12.2. The van der Waals surface area contributed by atoms with E-state index in [4.69, 9.17) is 4.55 Å². The largest absolute Gasteiger partial charge is 0.397 e. The SMILES string of the molecule is CCCCCCCCCCC(C)(C)CCCCOS(=O)(=O)O.N. The Morgan fingerprint density at radius 1 is 0.826 bits per heavy atom. The molecule has 0 amide bonds. The van der Waals surface area contributed by atoms with Crippen LogP contribution in [0.4, 0.5) is 0 Å². The maximum absolute atomic E-state index is 10.4. The van der Waals surface area contributed by atoms with Crippen molar-refractivity contribution in [2.75, 3.05) is 6.61 Å². The number of unbranched alkanes of at least 4 members (excludes halogenated alkanes) is 8. The molecule has 0 heterocycles. The molecule has 0 aromatic rings. The molecule has 0 saturated carbocycles. The molecule has 6 heteroatoms. The molecule has 0 aromatic carbocycles. The summed E-state index contributed by atoms with van der Waals surface area (Å²) in [6, 6.07) is 0. The molecule has 0 aliphatic carbocycles. The summed E-state index contributed by atoms with van der Waals surface area (Å²) in [4.78, 5) is 0. The average molecular weight is 354 g/mol. The Bertz CT molecular complexity index is 356. The van der Waals surface area contributed by atoms with Crippen molar-refractivity contribution in [3.63, 3.8) is 0 Å². The van der Waals surface area contributed by atoms with E-state index in [2.05, 4.69) is 25.0 Å². The van der Waals surface area contributed by atoms with Gasteiger partial charge in [-0.2, -0.15) is 8.42 Å². The summed E-state index contributed by atoms with van der Waals surface area (Å²) < 4.78 is 33.6. The van der Waals surface area contributed by atoms with E-state index < -0.39 is 10.4 Å². The quantitative estimate of drug-likeness (QED) is 0.291. The molecular weight excluding hydrogens is 314 g/mol. The molecular formula is C17H39NO4S. The predicted molar refractivity (Wildman–Crippen MR) is 97.4 cm³/mol. The minimum absolute atomic E-state index is 0. The molecule has 0 atom stereocenters. The van der Waals surface area contributed by atoms with Crippen LogP contribution in [0.3, 0.4) is 0 Å². The Labute approximate surface area is 144 Å². The van der Waals surface area contributed by atoms with E-state index in [1.54, 1.807) is 0 Å². The Morgan fingerprint density at radius 2 is 1.26 bits per heavy atom. The molecule has 5 nitrogen and oxygen atoms in total. The van der Waals surface area contributed by atoms with Gasteiger partial charge < -0.3 is 6.15 Å². The van der Waals surface area contributed by atoms with E-state index >= 15 is 0 Å². The van der Waals surface area contributed by atoms with Crippen molar-refractivity contribution in [3.8, 4) is 0 Å². The summed E-state index contributed by atoms with van der Waals surface area (Å²) in [6.45, 7) is 6.87. The van der Waals surface area contributed by atoms with Gasteiger partial charge in [-0.05, 0) is 24.7 Å². The monoisotopic (exact) mass is 353 g/mol. The zero-order chi connectivity index (χ0) is 16.9. The second-order valence-corrected chi connectivity index (χ2v) is 8.19. The van der Waals surface area contributed by atoms with Crippen LogP contribution in [0.15, 0.2) is 0 Å². The van der Waals surface area contributed by atoms with E-state index in [-0.39, 0.29) is 12.8 Å². The highest BCUT2D eigenvalue weighted by Gasteiger charge is 2.16. The molecule has 23 heavy (non-hydrogen) atoms. The first-order valence-electron chi connectivity index (χ1n) is 8.89. The van der Waals surface area contributed by atoms with E-state index in [0.29, 0.717) is 11.8 Å². The fraction of sp³-hybridized carbons (Fsp3) is 1.00. The zero-order valence-electron chi connectivity index (χ0n) is 15.5. The molecule has 0 aliphatic rings. The van der Waals surface area contributed by atoms with Crippen LogP contribution in [0, 0.1) is 5.41 Å². The van der Waals surface area contributed by atoms with Gasteiger partial charge in [-0.15, -0.1) is 0 Å². The number of rotatable bonds is 15. The minimum atomic E-state index is -4.27. The maximum Gasteiger partial charge on any atom is 0.397 e. The molecule has 4 N–H and O–H groups in total. The number of hydrogen-bond donors (Lipinski definition) is 2. The molecule has 0 rings (SSSR count). The lowest BCUT2D eigenvalue weighted by Gasteiger charge is -2.24. The van der Waals surface area contributed by atoms with Crippen LogP contribution in [-0.2, 0) is 14.6 Å². The lowest BCUT2D eigenvalue weighted by molar-refractivity contribution is 0.241. The van der Waals surface area contributed by atoms with Gasteiger partial charge in [-0.3, -0.25) is 4.55 Å². The summed E-state index contributed by atoms with van der Waals surface area (Å²) in [6.07, 6.45) is 14.6. The highest BCUT2D eigenvalue weighted by molar-refractivity contribution is 7.80. The standard InChI is InChI=1S/C17H36O4S.H3N/c1-4-5-6-7-8-9-10-11-14-17(2,3)15-12-13-16-21-22(18,19)20;/h4-16H2,1-3H3,(H,18,19,20);1H3. The Kier molecular flexibility index (Phi) is 15.5. The van der Waals surface area contributed by atoms with Crippen LogP contribution < -0.4 is 6.15 Å². The first kappa shape index (κ1) is 25.1. The van der Waals surface area contributed by atoms with Crippen LogP contribution in [0.2, 0.25) is 0 Å². The first-order chi connectivity index (χ1) is 10.3. The van der Waals surface area contributed by atoms with E-state index in [9.17, 15) is 8.42 Å². The molecule has 142 valence electrons. The summed E-state index contributed by atoms with van der Waals surface area (Å²) in [7, 11) is -4.27. The molecule has 0 fully saturated rings. The zero-order valence-corrected chi connectivity index (χ0v) is 16.3. The topological polar surface area (TPSA) is 98.6 Å². The second kappa shape index (κ2) is 14.2. The van der Waals surface area contributed by atoms with Crippen molar-refractivity contribution < 1.29 is 17.2 Å². The van der Waals surface area contributed by atoms with Crippen molar-refractivity contribution in [1.82, 2.24) is 6.15 Å². The predicted octanol–water partition coefficient (Wildman–Crippen LogP) is 5.70. The summed E-state index contributed by atoms with van der Waals surface area (Å²) in [5.41, 5.74) is 0.306. The molecule has 0 bridgehead atoms. The van der Waals surface area contributed by atoms with Crippen molar-refractivity contribution >= 4 is 10.4 Å². The Balaban J connectivity index is 0. The van der Waals surface area contributed by atoms with E-state index in [1.165, 1.54) is 57.8 Å². The van der Waals surface area contributed by atoms with Gasteiger partial charge in [0, 0.05) is 0 Å². The highest BCUT2D eigenvalue weighted by Crippen LogP contribution is 2.30. The lowest BCUT2D eigenvalue weighted by Crippen LogP contribution is -2.12. The average Bonchev–Trinajstić information content (AvgIpc) is 2.40. The van der Waals surface area contributed by atoms with Gasteiger partial charge in [0.25, 0.3) is 0 Å².